The van der Waals surface area contributed by atoms with Crippen LogP contribution in [0.5, 0.6) is 0 Å². The third kappa shape index (κ3) is 3.18. The highest BCUT2D eigenvalue weighted by Crippen LogP contribution is 2.65. The van der Waals surface area contributed by atoms with E-state index >= 15 is 0 Å². The molecule has 0 spiro atoms. The number of rotatable bonds is 3. The molecule has 7 atom stereocenters. The van der Waals surface area contributed by atoms with Gasteiger partial charge in [0.15, 0.2) is 0 Å². The number of hydrogen-bond donors (Lipinski definition) is 1. The number of aliphatic hydroxyl groups is 1. The number of allylic oxidation sites excluding steroid dienone is 7. The first kappa shape index (κ1) is 20.2. The van der Waals surface area contributed by atoms with Gasteiger partial charge in [-0.2, -0.15) is 0 Å². The molecule has 1 N–H and O–H groups in total. The molecule has 4 rings (SSSR count). The summed E-state index contributed by atoms with van der Waals surface area (Å²) in [5, 5.41) is 10.2. The third-order valence-electron chi connectivity index (χ3n) is 9.10. The van der Waals surface area contributed by atoms with Gasteiger partial charge in [-0.1, -0.05) is 67.9 Å². The predicted octanol–water partition coefficient (Wildman–Crippen LogP) is 7.00. The Labute approximate surface area is 172 Å². The fraction of sp³-hybridized carbons (Fsp3) is 0.704. The molecular formula is C27H40O. The lowest BCUT2D eigenvalue weighted by atomic mass is 9.50. The van der Waals surface area contributed by atoms with Crippen LogP contribution in [0.4, 0.5) is 0 Å². The molecular weight excluding hydrogens is 340 g/mol. The van der Waals surface area contributed by atoms with Crippen molar-refractivity contribution in [3.63, 3.8) is 0 Å². The van der Waals surface area contributed by atoms with E-state index in [1.165, 1.54) is 36.8 Å². The second-order valence-corrected chi connectivity index (χ2v) is 11.0. The molecule has 0 bridgehead atoms. The minimum absolute atomic E-state index is 0.118. The topological polar surface area (TPSA) is 20.2 Å². The van der Waals surface area contributed by atoms with Gasteiger partial charge in [0.2, 0.25) is 0 Å². The van der Waals surface area contributed by atoms with Gasteiger partial charge in [-0.3, -0.25) is 0 Å². The molecule has 0 aromatic heterocycles. The van der Waals surface area contributed by atoms with Gasteiger partial charge in [0.05, 0.1) is 6.10 Å². The average Bonchev–Trinajstić information content (AvgIpc) is 2.99. The number of aliphatic hydroxyl groups excluding tert-OH is 1. The lowest BCUT2D eigenvalue weighted by Gasteiger charge is -2.55. The second-order valence-electron chi connectivity index (χ2n) is 11.0. The summed E-state index contributed by atoms with van der Waals surface area (Å²) in [6.45, 7) is 11.9. The summed E-state index contributed by atoms with van der Waals surface area (Å²) in [5.74, 6) is 2.93. The molecule has 0 aromatic carbocycles. The maximum atomic E-state index is 10.2. The van der Waals surface area contributed by atoms with Crippen LogP contribution in [0.15, 0.2) is 47.1 Å². The monoisotopic (exact) mass is 380 g/mol. The standard InChI is InChI=1S/C27H40O/c1-18(2)7-6-8-19(3)23-11-12-24-22-10-9-20-17-21(28)13-15-26(20,4)25(22)14-16-27(23,24)5/h6-10,19,21,23-25,28H,11-17H2,1-5H3/b8-6+/t19-,21+,23-,24+,25+,26+,27-/m1/s1. The van der Waals surface area contributed by atoms with Crippen molar-refractivity contribution in [3.05, 3.63) is 47.1 Å². The zero-order valence-corrected chi connectivity index (χ0v) is 18.7. The Kier molecular flexibility index (Phi) is 5.28. The van der Waals surface area contributed by atoms with Gasteiger partial charge >= 0.3 is 0 Å². The van der Waals surface area contributed by atoms with E-state index in [-0.39, 0.29) is 6.10 Å². The van der Waals surface area contributed by atoms with E-state index in [1.807, 2.05) is 0 Å². The van der Waals surface area contributed by atoms with Gasteiger partial charge in [-0.25, -0.2) is 0 Å². The molecule has 4 aliphatic carbocycles. The van der Waals surface area contributed by atoms with Crippen molar-refractivity contribution < 1.29 is 5.11 Å². The van der Waals surface area contributed by atoms with Gasteiger partial charge < -0.3 is 5.11 Å². The van der Waals surface area contributed by atoms with Crippen molar-refractivity contribution in [2.75, 3.05) is 0 Å². The third-order valence-corrected chi connectivity index (χ3v) is 9.10. The second kappa shape index (κ2) is 7.31. The SMILES string of the molecule is CC(C)=C/C=C/[C@@H](C)[C@H]1CC[C@H]2C3=CC=C4C[C@@H](O)CC[C@]4(C)[C@H]3CC[C@]12C. The van der Waals surface area contributed by atoms with Crippen LogP contribution in [0.25, 0.3) is 0 Å². The fourth-order valence-electron chi connectivity index (χ4n) is 7.44. The molecule has 28 heavy (non-hydrogen) atoms. The molecule has 0 radical (unpaired) electrons. The highest BCUT2D eigenvalue weighted by molar-refractivity contribution is 5.39. The minimum atomic E-state index is -0.118. The summed E-state index contributed by atoms with van der Waals surface area (Å²) < 4.78 is 0. The summed E-state index contributed by atoms with van der Waals surface area (Å²) in [6, 6.07) is 0. The molecule has 0 unspecified atom stereocenters. The van der Waals surface area contributed by atoms with Crippen LogP contribution in [-0.4, -0.2) is 11.2 Å². The van der Waals surface area contributed by atoms with Crippen LogP contribution in [0.3, 0.4) is 0 Å². The molecule has 3 fully saturated rings. The first-order valence-corrected chi connectivity index (χ1v) is 11.7. The Balaban J connectivity index is 1.59. The van der Waals surface area contributed by atoms with Crippen molar-refractivity contribution in [1.29, 1.82) is 0 Å². The molecule has 0 amide bonds. The maximum Gasteiger partial charge on any atom is 0.0578 e. The van der Waals surface area contributed by atoms with Gasteiger partial charge in [-0.15, -0.1) is 0 Å². The highest BCUT2D eigenvalue weighted by atomic mass is 16.3. The van der Waals surface area contributed by atoms with Crippen LogP contribution in [0.2, 0.25) is 0 Å². The van der Waals surface area contributed by atoms with Crippen molar-refractivity contribution in [1.82, 2.24) is 0 Å². The normalized spacial score (nSPS) is 43.5. The van der Waals surface area contributed by atoms with Gasteiger partial charge in [-0.05, 0) is 93.3 Å². The van der Waals surface area contributed by atoms with Gasteiger partial charge in [0.1, 0.15) is 0 Å². The van der Waals surface area contributed by atoms with Gasteiger partial charge in [0, 0.05) is 0 Å². The molecule has 0 heterocycles. The zero-order chi connectivity index (χ0) is 20.1. The van der Waals surface area contributed by atoms with E-state index in [9.17, 15) is 5.11 Å². The Hall–Kier alpha value is -1.08. The maximum absolute atomic E-state index is 10.2. The quantitative estimate of drug-likeness (QED) is 0.522. The Bertz CT molecular complexity index is 733. The molecule has 1 nitrogen and oxygen atoms in total. The number of hydrogen-bond acceptors (Lipinski definition) is 1. The van der Waals surface area contributed by atoms with Crippen LogP contribution in [-0.2, 0) is 0 Å². The van der Waals surface area contributed by atoms with Crippen molar-refractivity contribution in [3.8, 4) is 0 Å². The average molecular weight is 381 g/mol. The molecule has 0 aromatic rings. The van der Waals surface area contributed by atoms with E-state index in [4.69, 9.17) is 0 Å². The largest absolute Gasteiger partial charge is 0.393 e. The van der Waals surface area contributed by atoms with Gasteiger partial charge in [0.25, 0.3) is 0 Å². The first-order chi connectivity index (χ1) is 13.3. The molecule has 1 heteroatoms. The van der Waals surface area contributed by atoms with E-state index in [0.717, 1.165) is 31.1 Å². The van der Waals surface area contributed by atoms with E-state index in [1.54, 1.807) is 5.57 Å². The summed E-state index contributed by atoms with van der Waals surface area (Å²) in [7, 11) is 0. The summed E-state index contributed by atoms with van der Waals surface area (Å²) >= 11 is 0. The number of fused-ring (bicyclic) bond motifs is 5. The van der Waals surface area contributed by atoms with Crippen molar-refractivity contribution in [2.45, 2.75) is 85.7 Å². The summed E-state index contributed by atoms with van der Waals surface area (Å²) in [6.07, 6.45) is 20.3. The first-order valence-electron chi connectivity index (χ1n) is 11.7. The van der Waals surface area contributed by atoms with Crippen LogP contribution < -0.4 is 0 Å². The summed E-state index contributed by atoms with van der Waals surface area (Å²) in [4.78, 5) is 0. The highest BCUT2D eigenvalue weighted by Gasteiger charge is 2.56. The molecule has 0 saturated heterocycles. The van der Waals surface area contributed by atoms with Crippen molar-refractivity contribution in [2.24, 2.45) is 34.5 Å². The van der Waals surface area contributed by atoms with Crippen LogP contribution in [0, 0.1) is 34.5 Å². The van der Waals surface area contributed by atoms with Crippen LogP contribution >= 0.6 is 0 Å². The lowest BCUT2D eigenvalue weighted by Crippen LogP contribution is -2.46. The fourth-order valence-corrected chi connectivity index (χ4v) is 7.44. The predicted molar refractivity (Wildman–Crippen MR) is 119 cm³/mol. The molecule has 154 valence electrons. The van der Waals surface area contributed by atoms with Crippen LogP contribution in [0.1, 0.15) is 79.6 Å². The van der Waals surface area contributed by atoms with E-state index in [0.29, 0.717) is 22.7 Å². The molecule has 0 aliphatic heterocycles. The molecule has 4 aliphatic rings. The Morgan fingerprint density at radius 2 is 1.86 bits per heavy atom. The van der Waals surface area contributed by atoms with Crippen molar-refractivity contribution >= 4 is 0 Å². The summed E-state index contributed by atoms with van der Waals surface area (Å²) in [5.41, 5.74) is 5.42. The van der Waals surface area contributed by atoms with E-state index in [2.05, 4.69) is 65.0 Å². The smallest absolute Gasteiger partial charge is 0.0578 e. The van der Waals surface area contributed by atoms with E-state index < -0.39 is 0 Å². The Morgan fingerprint density at radius 3 is 2.61 bits per heavy atom. The minimum Gasteiger partial charge on any atom is -0.393 e. The zero-order valence-electron chi connectivity index (χ0n) is 18.7. The molecule has 3 saturated carbocycles. The lowest BCUT2D eigenvalue weighted by molar-refractivity contribution is 0.0383. The Morgan fingerprint density at radius 1 is 1.07 bits per heavy atom.